The van der Waals surface area contributed by atoms with E-state index >= 15 is 0 Å². The molecule has 0 bridgehead atoms. The number of hydrogen-bond donors (Lipinski definition) is 0. The van der Waals surface area contributed by atoms with Crippen LogP contribution in [-0.2, 0) is 6.54 Å². The topological polar surface area (TPSA) is 52.8 Å². The molecule has 4 aromatic rings. The van der Waals surface area contributed by atoms with Gasteiger partial charge in [-0.25, -0.2) is 9.97 Å². The van der Waals surface area contributed by atoms with Gasteiger partial charge in [-0.15, -0.1) is 0 Å². The molecule has 4 rings (SSSR count). The minimum Gasteiger partial charge on any atom is -0.497 e. The Morgan fingerprint density at radius 2 is 1.76 bits per heavy atom. The Morgan fingerprint density at radius 1 is 1.00 bits per heavy atom. The van der Waals surface area contributed by atoms with Gasteiger partial charge in [0.15, 0.2) is 11.0 Å². The average molecular weight is 351 g/mol. The van der Waals surface area contributed by atoms with Gasteiger partial charge >= 0.3 is 0 Å². The number of hydrogen-bond acceptors (Lipinski definition) is 4. The lowest BCUT2D eigenvalue weighted by molar-refractivity contribution is 0.414. The summed E-state index contributed by atoms with van der Waals surface area (Å²) in [6.07, 6.45) is 1.72. The molecule has 0 aliphatic rings. The second-order valence-electron chi connectivity index (χ2n) is 5.59. The van der Waals surface area contributed by atoms with Crippen LogP contribution < -0.4 is 4.74 Å². The summed E-state index contributed by atoms with van der Waals surface area (Å²) in [5.74, 6) is 1.42. The van der Waals surface area contributed by atoms with Crippen molar-refractivity contribution in [2.75, 3.05) is 7.11 Å². The number of rotatable bonds is 4. The minimum absolute atomic E-state index is 0.398. The first-order valence-corrected chi connectivity index (χ1v) is 8.20. The number of methoxy groups -OCH3 is 1. The number of aromatic nitrogens is 4. The fourth-order valence-corrected chi connectivity index (χ4v) is 2.97. The van der Waals surface area contributed by atoms with Crippen LogP contribution >= 0.6 is 11.6 Å². The Balaban J connectivity index is 1.71. The quantitative estimate of drug-likeness (QED) is 0.517. The Kier molecular flexibility index (Phi) is 4.07. The monoisotopic (exact) mass is 350 g/mol. The number of fused-ring (bicyclic) bond motifs is 1. The summed E-state index contributed by atoms with van der Waals surface area (Å²) in [6.45, 7) is 0.585. The first kappa shape index (κ1) is 15.6. The average Bonchev–Trinajstić information content (AvgIpc) is 3.06. The Hall–Kier alpha value is -2.92. The zero-order valence-corrected chi connectivity index (χ0v) is 14.3. The van der Waals surface area contributed by atoms with Gasteiger partial charge in [-0.2, -0.15) is 5.10 Å². The maximum atomic E-state index is 6.44. The van der Waals surface area contributed by atoms with Crippen molar-refractivity contribution in [1.82, 2.24) is 19.7 Å². The van der Waals surface area contributed by atoms with Crippen LogP contribution in [0.25, 0.3) is 22.4 Å². The summed E-state index contributed by atoms with van der Waals surface area (Å²) in [5, 5.41) is 4.83. The third-order valence-electron chi connectivity index (χ3n) is 3.97. The molecule has 0 aliphatic heterocycles. The maximum absolute atomic E-state index is 6.44. The van der Waals surface area contributed by atoms with E-state index in [0.29, 0.717) is 17.5 Å². The molecule has 0 unspecified atom stereocenters. The van der Waals surface area contributed by atoms with Gasteiger partial charge in [-0.3, -0.25) is 4.68 Å². The van der Waals surface area contributed by atoms with Crippen LogP contribution in [0.5, 0.6) is 5.75 Å². The standard InChI is InChI=1S/C19H15ClN4O/c1-25-15-9-7-13(8-10-15)12-24-17-16(11-21-24)22-19(23-18(17)20)14-5-3-2-4-6-14/h2-11H,12H2,1H3. The van der Waals surface area contributed by atoms with E-state index in [0.717, 1.165) is 27.9 Å². The molecule has 5 nitrogen and oxygen atoms in total. The van der Waals surface area contributed by atoms with E-state index in [9.17, 15) is 0 Å². The summed E-state index contributed by atoms with van der Waals surface area (Å²) in [7, 11) is 1.65. The molecule has 2 aromatic heterocycles. The van der Waals surface area contributed by atoms with Crippen molar-refractivity contribution in [2.45, 2.75) is 6.54 Å². The van der Waals surface area contributed by atoms with Gasteiger partial charge in [0.1, 0.15) is 16.8 Å². The van der Waals surface area contributed by atoms with Crippen LogP contribution in [0.2, 0.25) is 5.15 Å². The highest BCUT2D eigenvalue weighted by Gasteiger charge is 2.13. The van der Waals surface area contributed by atoms with Crippen molar-refractivity contribution in [2.24, 2.45) is 0 Å². The molecule has 0 radical (unpaired) electrons. The van der Waals surface area contributed by atoms with E-state index < -0.39 is 0 Å². The highest BCUT2D eigenvalue weighted by molar-refractivity contribution is 6.33. The van der Waals surface area contributed by atoms with Crippen molar-refractivity contribution in [3.63, 3.8) is 0 Å². The third kappa shape index (κ3) is 3.06. The smallest absolute Gasteiger partial charge is 0.161 e. The molecule has 0 N–H and O–H groups in total. The normalized spacial score (nSPS) is 11.0. The molecule has 25 heavy (non-hydrogen) atoms. The predicted octanol–water partition coefficient (Wildman–Crippen LogP) is 4.20. The molecule has 0 spiro atoms. The van der Waals surface area contributed by atoms with E-state index in [4.69, 9.17) is 16.3 Å². The lowest BCUT2D eigenvalue weighted by Crippen LogP contribution is -2.03. The largest absolute Gasteiger partial charge is 0.497 e. The lowest BCUT2D eigenvalue weighted by atomic mass is 10.2. The van der Waals surface area contributed by atoms with E-state index in [-0.39, 0.29) is 0 Å². The molecular weight excluding hydrogens is 336 g/mol. The van der Waals surface area contributed by atoms with E-state index in [1.54, 1.807) is 13.3 Å². The van der Waals surface area contributed by atoms with Crippen molar-refractivity contribution in [1.29, 1.82) is 0 Å². The van der Waals surface area contributed by atoms with Gasteiger partial charge in [0.2, 0.25) is 0 Å². The number of ether oxygens (including phenoxy) is 1. The molecule has 0 atom stereocenters. The molecular formula is C19H15ClN4O. The molecule has 0 fully saturated rings. The third-order valence-corrected chi connectivity index (χ3v) is 4.23. The fraction of sp³-hybridized carbons (Fsp3) is 0.105. The van der Waals surface area contributed by atoms with Crippen molar-refractivity contribution >= 4 is 22.6 Å². The Bertz CT molecular complexity index is 1010. The van der Waals surface area contributed by atoms with Gasteiger partial charge in [-0.05, 0) is 17.7 Å². The molecule has 6 heteroatoms. The van der Waals surface area contributed by atoms with Crippen LogP contribution in [0.15, 0.2) is 60.8 Å². The van der Waals surface area contributed by atoms with Gasteiger partial charge in [0.25, 0.3) is 0 Å². The van der Waals surface area contributed by atoms with Gasteiger partial charge in [-0.1, -0.05) is 54.1 Å². The second-order valence-corrected chi connectivity index (χ2v) is 5.95. The maximum Gasteiger partial charge on any atom is 0.161 e. The van der Waals surface area contributed by atoms with Gasteiger partial charge in [0.05, 0.1) is 19.9 Å². The van der Waals surface area contributed by atoms with E-state index in [1.807, 2.05) is 59.3 Å². The molecule has 124 valence electrons. The number of nitrogens with zero attached hydrogens (tertiary/aromatic N) is 4. The number of benzene rings is 2. The van der Waals surface area contributed by atoms with Crippen molar-refractivity contribution < 1.29 is 4.74 Å². The van der Waals surface area contributed by atoms with Crippen molar-refractivity contribution in [3.8, 4) is 17.1 Å². The summed E-state index contributed by atoms with van der Waals surface area (Å²) < 4.78 is 7.00. The Morgan fingerprint density at radius 3 is 2.48 bits per heavy atom. The lowest BCUT2D eigenvalue weighted by Gasteiger charge is -2.07. The summed E-state index contributed by atoms with van der Waals surface area (Å²) in [5.41, 5.74) is 3.48. The summed E-state index contributed by atoms with van der Waals surface area (Å²) >= 11 is 6.44. The van der Waals surface area contributed by atoms with Gasteiger partial charge < -0.3 is 4.74 Å². The molecule has 2 heterocycles. The Labute approximate surface area is 149 Å². The molecule has 0 saturated heterocycles. The fourth-order valence-electron chi connectivity index (χ4n) is 2.69. The predicted molar refractivity (Wildman–Crippen MR) is 97.9 cm³/mol. The highest BCUT2D eigenvalue weighted by atomic mass is 35.5. The highest BCUT2D eigenvalue weighted by Crippen LogP contribution is 2.25. The zero-order chi connectivity index (χ0) is 17.2. The second kappa shape index (κ2) is 6.53. The van der Waals surface area contributed by atoms with Crippen molar-refractivity contribution in [3.05, 3.63) is 71.5 Å². The van der Waals surface area contributed by atoms with E-state index in [1.165, 1.54) is 0 Å². The van der Waals surface area contributed by atoms with Crippen LogP contribution in [0.1, 0.15) is 5.56 Å². The number of halogens is 1. The van der Waals surface area contributed by atoms with Crippen LogP contribution in [0.3, 0.4) is 0 Å². The summed E-state index contributed by atoms with van der Waals surface area (Å²) in [6, 6.07) is 17.6. The van der Waals surface area contributed by atoms with Crippen LogP contribution in [0.4, 0.5) is 0 Å². The molecule has 0 aliphatic carbocycles. The summed E-state index contributed by atoms with van der Waals surface area (Å²) in [4.78, 5) is 9.04. The minimum atomic E-state index is 0.398. The first-order valence-electron chi connectivity index (χ1n) is 7.82. The molecule has 0 saturated carbocycles. The van der Waals surface area contributed by atoms with E-state index in [2.05, 4.69) is 15.1 Å². The SMILES string of the molecule is COc1ccc(Cn2ncc3nc(-c4ccccc4)nc(Cl)c32)cc1. The molecule has 2 aromatic carbocycles. The van der Waals surface area contributed by atoms with Crippen LogP contribution in [-0.4, -0.2) is 26.9 Å². The van der Waals surface area contributed by atoms with Crippen LogP contribution in [0, 0.1) is 0 Å². The molecule has 0 amide bonds. The zero-order valence-electron chi connectivity index (χ0n) is 13.6. The van der Waals surface area contributed by atoms with Gasteiger partial charge in [0, 0.05) is 5.56 Å². The first-order chi connectivity index (χ1) is 12.2.